The molecule has 5 aliphatic carbocycles. The fraction of sp³-hybridized carbons (Fsp3) is 0.233. The Hall–Kier alpha value is -6.24. The molecule has 2 heteroatoms. The first-order valence-corrected chi connectivity index (χ1v) is 22.7. The summed E-state index contributed by atoms with van der Waals surface area (Å²) in [6.07, 6.45) is 28.1. The van der Waals surface area contributed by atoms with Gasteiger partial charge in [-0.3, -0.25) is 4.90 Å². The number of nitrogens with zero attached hydrogens (tertiary/aromatic N) is 1. The van der Waals surface area contributed by atoms with Crippen molar-refractivity contribution >= 4 is 11.1 Å². The molecule has 0 saturated carbocycles. The lowest BCUT2D eigenvalue weighted by molar-refractivity contribution is 0.0357. The Morgan fingerprint density at radius 3 is 2.15 bits per heavy atom. The van der Waals surface area contributed by atoms with Crippen LogP contribution in [0.4, 0.5) is 0 Å². The van der Waals surface area contributed by atoms with E-state index in [9.17, 15) is 0 Å². The zero-order valence-electron chi connectivity index (χ0n) is 36.2. The molecular formula is C60H56N2. The largest absolute Gasteiger partial charge is 0.323 e. The molecule has 5 aromatic rings. The molecule has 0 bridgehead atoms. The normalized spacial score (nSPS) is 26.4. The van der Waals surface area contributed by atoms with Crippen molar-refractivity contribution in [2.75, 3.05) is 0 Å². The predicted octanol–water partition coefficient (Wildman–Crippen LogP) is 13.5. The van der Waals surface area contributed by atoms with Crippen LogP contribution in [0.3, 0.4) is 0 Å². The van der Waals surface area contributed by atoms with Crippen molar-refractivity contribution in [1.82, 2.24) is 4.90 Å². The van der Waals surface area contributed by atoms with Crippen molar-refractivity contribution in [2.45, 2.75) is 75.5 Å². The second-order valence-electron chi connectivity index (χ2n) is 18.2. The Morgan fingerprint density at radius 1 is 0.694 bits per heavy atom. The molecule has 0 aromatic heterocycles. The van der Waals surface area contributed by atoms with E-state index in [4.69, 9.17) is 5.73 Å². The van der Waals surface area contributed by atoms with E-state index in [2.05, 4.69) is 226 Å². The molecule has 0 aliphatic heterocycles. The minimum absolute atomic E-state index is 0.0372. The van der Waals surface area contributed by atoms with Crippen LogP contribution in [-0.4, -0.2) is 22.5 Å². The Kier molecular flexibility index (Phi) is 10.9. The van der Waals surface area contributed by atoms with E-state index < -0.39 is 0 Å². The Balaban J connectivity index is 1.10. The smallest absolute Gasteiger partial charge is 0.0843 e. The van der Waals surface area contributed by atoms with Crippen LogP contribution in [0.25, 0.3) is 22.3 Å². The first-order chi connectivity index (χ1) is 30.4. The monoisotopic (exact) mass is 804 g/mol. The van der Waals surface area contributed by atoms with Crippen molar-refractivity contribution in [3.05, 3.63) is 239 Å². The van der Waals surface area contributed by atoms with Crippen LogP contribution in [-0.2, 0) is 0 Å². The van der Waals surface area contributed by atoms with Gasteiger partial charge in [0.25, 0.3) is 0 Å². The van der Waals surface area contributed by atoms with Crippen LogP contribution in [0.2, 0.25) is 0 Å². The van der Waals surface area contributed by atoms with E-state index in [0.717, 1.165) is 19.3 Å². The number of hydrogen-bond donors (Lipinski definition) is 1. The van der Waals surface area contributed by atoms with E-state index >= 15 is 0 Å². The van der Waals surface area contributed by atoms with Gasteiger partial charge < -0.3 is 5.73 Å². The van der Waals surface area contributed by atoms with Crippen LogP contribution in [0, 0.1) is 23.7 Å². The molecule has 5 aliphatic rings. The molecule has 0 spiro atoms. The maximum absolute atomic E-state index is 6.90. The van der Waals surface area contributed by atoms with Crippen molar-refractivity contribution in [2.24, 2.45) is 17.6 Å². The number of rotatable bonds is 9. The zero-order valence-corrected chi connectivity index (χ0v) is 36.2. The first kappa shape index (κ1) is 39.9. The van der Waals surface area contributed by atoms with Gasteiger partial charge in [0.05, 0.1) is 5.54 Å². The van der Waals surface area contributed by atoms with E-state index in [0.29, 0.717) is 11.8 Å². The summed E-state index contributed by atoms with van der Waals surface area (Å²) in [7, 11) is 0. The van der Waals surface area contributed by atoms with Gasteiger partial charge >= 0.3 is 0 Å². The standard InChI is InChI=1S/C60H56N2/c1-41-29-36-56(61)57(39-41)62(60(3)37-17-6-18-38-60)42(2)43-30-32-44(33-31-43)47-34-35-54-55(40-47)59(51-26-14-12-24-49(51)46-21-9-5-10-22-46)53-28-16-15-27-52(53)58(54)50-25-13-11-23-48(50)45-19-7-4-8-20-45/h4-17,19,21-36,40-42,45,54,56-58H,20,37,39,61H2,1-3H3. The average molecular weight is 805 g/mol. The second kappa shape index (κ2) is 16.9. The van der Waals surface area contributed by atoms with Gasteiger partial charge in [0.15, 0.2) is 0 Å². The molecule has 0 amide bonds. The third-order valence-corrected chi connectivity index (χ3v) is 14.2. The summed E-state index contributed by atoms with van der Waals surface area (Å²) in [6, 6.07) is 48.0. The van der Waals surface area contributed by atoms with Crippen LogP contribution < -0.4 is 5.73 Å². The molecule has 5 aromatic carbocycles. The molecule has 0 fully saturated rings. The Bertz CT molecular complexity index is 2760. The van der Waals surface area contributed by atoms with Crippen LogP contribution >= 0.6 is 0 Å². The van der Waals surface area contributed by atoms with Gasteiger partial charge in [0.1, 0.15) is 0 Å². The van der Waals surface area contributed by atoms with Crippen LogP contribution in [0.15, 0.2) is 200 Å². The highest BCUT2D eigenvalue weighted by molar-refractivity contribution is 5.96. The van der Waals surface area contributed by atoms with Gasteiger partial charge in [-0.15, -0.1) is 0 Å². The van der Waals surface area contributed by atoms with E-state index in [1.165, 1.54) is 66.8 Å². The number of benzene rings is 5. The first-order valence-electron chi connectivity index (χ1n) is 22.7. The molecule has 2 nitrogen and oxygen atoms in total. The maximum atomic E-state index is 6.90. The minimum atomic E-state index is -0.307. The molecule has 10 rings (SSSR count). The molecular weight excluding hydrogens is 749 g/mol. The van der Waals surface area contributed by atoms with Gasteiger partial charge in [-0.1, -0.05) is 201 Å². The average Bonchev–Trinajstić information content (AvgIpc) is 3.32. The highest BCUT2D eigenvalue weighted by Crippen LogP contribution is 2.54. The summed E-state index contributed by atoms with van der Waals surface area (Å²) < 4.78 is 0. The molecule has 2 N–H and O–H groups in total. The Morgan fingerprint density at radius 2 is 1.40 bits per heavy atom. The zero-order chi connectivity index (χ0) is 42.2. The number of nitrogens with two attached hydrogens (primary N) is 1. The Labute approximate surface area is 369 Å². The predicted molar refractivity (Wildman–Crippen MR) is 260 cm³/mol. The van der Waals surface area contributed by atoms with Gasteiger partial charge in [-0.25, -0.2) is 0 Å². The lowest BCUT2D eigenvalue weighted by Crippen LogP contribution is -2.58. The molecule has 0 saturated heterocycles. The van der Waals surface area contributed by atoms with Crippen LogP contribution in [0.5, 0.6) is 0 Å². The highest BCUT2D eigenvalue weighted by atomic mass is 15.3. The fourth-order valence-electron chi connectivity index (χ4n) is 11.2. The van der Waals surface area contributed by atoms with Crippen molar-refractivity contribution < 1.29 is 0 Å². The van der Waals surface area contributed by atoms with Crippen molar-refractivity contribution in [3.8, 4) is 23.0 Å². The summed E-state index contributed by atoms with van der Waals surface area (Å²) in [4.78, 5) is 2.63. The van der Waals surface area contributed by atoms with Gasteiger partial charge in [-0.05, 0) is 118 Å². The van der Waals surface area contributed by atoms with Gasteiger partial charge in [0.2, 0.25) is 0 Å². The van der Waals surface area contributed by atoms with E-state index in [1.807, 2.05) is 6.08 Å². The van der Waals surface area contributed by atoms with E-state index in [1.54, 1.807) is 0 Å². The lowest BCUT2D eigenvalue weighted by atomic mass is 9.64. The molecule has 0 heterocycles. The molecule has 8 atom stereocenters. The van der Waals surface area contributed by atoms with E-state index in [-0.39, 0.29) is 35.5 Å². The highest BCUT2D eigenvalue weighted by Gasteiger charge is 2.42. The summed E-state index contributed by atoms with van der Waals surface area (Å²) in [6.45, 7) is 6.95. The van der Waals surface area contributed by atoms with Gasteiger partial charge in [-0.2, -0.15) is 0 Å². The lowest BCUT2D eigenvalue weighted by Gasteiger charge is -2.49. The molecule has 306 valence electrons. The third kappa shape index (κ3) is 7.34. The number of fused-ring (bicyclic) bond motifs is 2. The summed E-state index contributed by atoms with van der Waals surface area (Å²) in [5.41, 5.74) is 22.3. The summed E-state index contributed by atoms with van der Waals surface area (Å²) in [5, 5.41) is 0. The quantitative estimate of drug-likeness (QED) is 0.119. The minimum Gasteiger partial charge on any atom is -0.323 e. The number of allylic oxidation sites excluding steroid dienone is 11. The second-order valence-corrected chi connectivity index (χ2v) is 18.2. The van der Waals surface area contributed by atoms with Crippen molar-refractivity contribution in [1.29, 1.82) is 0 Å². The van der Waals surface area contributed by atoms with Crippen molar-refractivity contribution in [3.63, 3.8) is 0 Å². The topological polar surface area (TPSA) is 29.3 Å². The summed E-state index contributed by atoms with van der Waals surface area (Å²) >= 11 is 0. The molecule has 62 heavy (non-hydrogen) atoms. The van der Waals surface area contributed by atoms with Crippen LogP contribution in [0.1, 0.15) is 96.9 Å². The fourth-order valence-corrected chi connectivity index (χ4v) is 11.2. The van der Waals surface area contributed by atoms with Gasteiger partial charge in [0, 0.05) is 35.9 Å². The number of hydrogen-bond acceptors (Lipinski definition) is 2. The SMILES string of the molecule is CC1C=CC(N)C(N(C(C)c2ccc(C3=CC4=C(c5ccccc5-c5ccccc5)c5ccccc5C(c5ccccc5C5C=CC=CC5)C4C=C3)cc2)C2(C)C#CC=CC2)C1. The molecule has 8 unspecified atom stereocenters. The third-order valence-electron chi connectivity index (χ3n) is 14.2. The summed E-state index contributed by atoms with van der Waals surface area (Å²) in [5.74, 6) is 8.07. The maximum Gasteiger partial charge on any atom is 0.0843 e. The molecule has 0 radical (unpaired) electrons.